The molecule has 2 rings (SSSR count). The predicted molar refractivity (Wildman–Crippen MR) is 79.3 cm³/mol. The largest absolute Gasteiger partial charge is 0.480 e. The predicted octanol–water partition coefficient (Wildman–Crippen LogP) is -0.349. The van der Waals surface area contributed by atoms with E-state index in [-0.39, 0.29) is 24.8 Å². The Kier molecular flexibility index (Phi) is 4.95. The lowest BCUT2D eigenvalue weighted by molar-refractivity contribution is -0.138. The Morgan fingerprint density at radius 1 is 1.36 bits per heavy atom. The first-order valence-corrected chi connectivity index (χ1v) is 6.85. The number of nitrogens with one attached hydrogen (secondary N) is 3. The minimum atomic E-state index is -1.03. The quantitative estimate of drug-likeness (QED) is 0.488. The molecule has 0 bridgehead atoms. The van der Waals surface area contributed by atoms with Gasteiger partial charge in [-0.25, -0.2) is 4.79 Å². The molecular weight excluding hydrogens is 288 g/mol. The van der Waals surface area contributed by atoms with Crippen molar-refractivity contribution in [3.05, 3.63) is 29.8 Å². The highest BCUT2D eigenvalue weighted by Crippen LogP contribution is 2.11. The van der Waals surface area contributed by atoms with E-state index in [0.717, 1.165) is 11.3 Å². The SMILES string of the molecule is N[C@@H](Cc1ccc(NCC2CC(=O)NC(=O)N2)cc1)C(=O)O. The maximum atomic E-state index is 11.2. The van der Waals surface area contributed by atoms with E-state index in [9.17, 15) is 14.4 Å². The van der Waals surface area contributed by atoms with Crippen molar-refractivity contribution in [3.8, 4) is 0 Å². The molecule has 0 radical (unpaired) electrons. The fraction of sp³-hybridized carbons (Fsp3) is 0.357. The Balaban J connectivity index is 1.85. The number of carboxylic acid groups (broad SMARTS) is 1. The van der Waals surface area contributed by atoms with Gasteiger partial charge in [0.25, 0.3) is 0 Å². The minimum absolute atomic E-state index is 0.226. The van der Waals surface area contributed by atoms with Crippen molar-refractivity contribution in [1.29, 1.82) is 0 Å². The lowest BCUT2D eigenvalue weighted by Gasteiger charge is -2.23. The zero-order chi connectivity index (χ0) is 16.1. The van der Waals surface area contributed by atoms with Crippen molar-refractivity contribution in [1.82, 2.24) is 10.6 Å². The Labute approximate surface area is 127 Å². The summed E-state index contributed by atoms with van der Waals surface area (Å²) in [4.78, 5) is 33.1. The Morgan fingerprint density at radius 3 is 2.64 bits per heavy atom. The number of urea groups is 1. The van der Waals surface area contributed by atoms with Crippen molar-refractivity contribution >= 4 is 23.6 Å². The molecule has 8 heteroatoms. The monoisotopic (exact) mass is 306 g/mol. The summed E-state index contributed by atoms with van der Waals surface area (Å²) in [6.07, 6.45) is 0.485. The molecule has 1 aliphatic heterocycles. The number of aliphatic carboxylic acids is 1. The van der Waals surface area contributed by atoms with Crippen molar-refractivity contribution in [2.45, 2.75) is 24.9 Å². The average Bonchev–Trinajstić information content (AvgIpc) is 2.45. The van der Waals surface area contributed by atoms with Gasteiger partial charge in [0, 0.05) is 18.7 Å². The van der Waals surface area contributed by atoms with Crippen LogP contribution in [0.5, 0.6) is 0 Å². The zero-order valence-electron chi connectivity index (χ0n) is 11.8. The van der Waals surface area contributed by atoms with Gasteiger partial charge < -0.3 is 21.5 Å². The summed E-state index contributed by atoms with van der Waals surface area (Å²) in [5, 5.41) is 16.7. The van der Waals surface area contributed by atoms with Crippen LogP contribution < -0.4 is 21.7 Å². The summed E-state index contributed by atoms with van der Waals surface area (Å²) < 4.78 is 0. The fourth-order valence-electron chi connectivity index (χ4n) is 2.14. The molecule has 8 nitrogen and oxygen atoms in total. The van der Waals surface area contributed by atoms with Gasteiger partial charge in [0.1, 0.15) is 6.04 Å². The van der Waals surface area contributed by atoms with E-state index in [4.69, 9.17) is 10.8 Å². The van der Waals surface area contributed by atoms with Gasteiger partial charge in [-0.15, -0.1) is 0 Å². The second kappa shape index (κ2) is 6.90. The molecule has 1 heterocycles. The maximum Gasteiger partial charge on any atom is 0.321 e. The van der Waals surface area contributed by atoms with Crippen LogP contribution in [0.2, 0.25) is 0 Å². The van der Waals surface area contributed by atoms with Gasteiger partial charge in [0.05, 0.1) is 6.04 Å². The molecule has 1 aliphatic rings. The number of carbonyl (C=O) groups excluding carboxylic acids is 2. The number of imide groups is 1. The van der Waals surface area contributed by atoms with Crippen LogP contribution in [0.1, 0.15) is 12.0 Å². The molecule has 1 saturated heterocycles. The highest BCUT2D eigenvalue weighted by atomic mass is 16.4. The molecule has 0 spiro atoms. The maximum absolute atomic E-state index is 11.2. The van der Waals surface area contributed by atoms with E-state index in [0.29, 0.717) is 6.54 Å². The van der Waals surface area contributed by atoms with Gasteiger partial charge in [0.15, 0.2) is 0 Å². The molecule has 1 unspecified atom stereocenters. The van der Waals surface area contributed by atoms with E-state index in [1.807, 2.05) is 0 Å². The van der Waals surface area contributed by atoms with Gasteiger partial charge in [-0.1, -0.05) is 12.1 Å². The van der Waals surface area contributed by atoms with Crippen molar-refractivity contribution < 1.29 is 19.5 Å². The fourth-order valence-corrected chi connectivity index (χ4v) is 2.14. The molecule has 1 aromatic carbocycles. The van der Waals surface area contributed by atoms with Crippen molar-refractivity contribution in [2.75, 3.05) is 11.9 Å². The Morgan fingerprint density at radius 2 is 2.05 bits per heavy atom. The van der Waals surface area contributed by atoms with Crippen LogP contribution in [0.25, 0.3) is 0 Å². The van der Waals surface area contributed by atoms with Crippen LogP contribution in [0.4, 0.5) is 10.5 Å². The summed E-state index contributed by atoms with van der Waals surface area (Å²) in [6, 6.07) is 5.51. The topological polar surface area (TPSA) is 134 Å². The number of rotatable bonds is 6. The van der Waals surface area contributed by atoms with Gasteiger partial charge >= 0.3 is 12.0 Å². The van der Waals surface area contributed by atoms with E-state index in [1.165, 1.54) is 0 Å². The molecule has 2 atom stereocenters. The van der Waals surface area contributed by atoms with Crippen LogP contribution in [0.15, 0.2) is 24.3 Å². The number of hydrogen-bond donors (Lipinski definition) is 5. The first-order valence-electron chi connectivity index (χ1n) is 6.85. The number of benzene rings is 1. The van der Waals surface area contributed by atoms with Crippen LogP contribution in [-0.4, -0.2) is 41.6 Å². The molecule has 0 aromatic heterocycles. The molecule has 22 heavy (non-hydrogen) atoms. The Bertz CT molecular complexity index is 557. The molecule has 3 amide bonds. The summed E-state index contributed by atoms with van der Waals surface area (Å²) in [7, 11) is 0. The van der Waals surface area contributed by atoms with E-state index < -0.39 is 18.0 Å². The first-order chi connectivity index (χ1) is 10.4. The van der Waals surface area contributed by atoms with E-state index in [2.05, 4.69) is 16.0 Å². The number of nitrogens with two attached hydrogens (primary N) is 1. The second-order valence-electron chi connectivity index (χ2n) is 5.15. The third-order valence-electron chi connectivity index (χ3n) is 3.30. The molecule has 0 aliphatic carbocycles. The number of hydrogen-bond acceptors (Lipinski definition) is 5. The molecule has 1 fully saturated rings. The molecular formula is C14H18N4O4. The van der Waals surface area contributed by atoms with Gasteiger partial charge in [-0.2, -0.15) is 0 Å². The van der Waals surface area contributed by atoms with Gasteiger partial charge in [-0.05, 0) is 24.1 Å². The van der Waals surface area contributed by atoms with Crippen LogP contribution in [0.3, 0.4) is 0 Å². The number of carbonyl (C=O) groups is 3. The highest BCUT2D eigenvalue weighted by molar-refractivity contribution is 5.97. The highest BCUT2D eigenvalue weighted by Gasteiger charge is 2.23. The smallest absolute Gasteiger partial charge is 0.321 e. The first kappa shape index (κ1) is 15.8. The van der Waals surface area contributed by atoms with Crippen molar-refractivity contribution in [3.63, 3.8) is 0 Å². The van der Waals surface area contributed by atoms with E-state index in [1.54, 1.807) is 24.3 Å². The zero-order valence-corrected chi connectivity index (χ0v) is 11.8. The molecule has 118 valence electrons. The van der Waals surface area contributed by atoms with Crippen LogP contribution >= 0.6 is 0 Å². The molecule has 0 saturated carbocycles. The van der Waals surface area contributed by atoms with E-state index >= 15 is 0 Å². The number of carboxylic acids is 1. The van der Waals surface area contributed by atoms with Crippen LogP contribution in [0, 0.1) is 0 Å². The minimum Gasteiger partial charge on any atom is -0.480 e. The summed E-state index contributed by atoms with van der Waals surface area (Å²) in [5.41, 5.74) is 7.11. The van der Waals surface area contributed by atoms with Gasteiger partial charge in [0.2, 0.25) is 5.91 Å². The number of anilines is 1. The number of amides is 3. The molecule has 1 aromatic rings. The summed E-state index contributed by atoms with van der Waals surface area (Å²) >= 11 is 0. The van der Waals surface area contributed by atoms with Crippen molar-refractivity contribution in [2.24, 2.45) is 5.73 Å². The normalized spacial score (nSPS) is 19.0. The third-order valence-corrected chi connectivity index (χ3v) is 3.30. The second-order valence-corrected chi connectivity index (χ2v) is 5.15. The van der Waals surface area contributed by atoms with Gasteiger partial charge in [-0.3, -0.25) is 14.9 Å². The van der Waals surface area contributed by atoms with Crippen LogP contribution in [-0.2, 0) is 16.0 Å². The summed E-state index contributed by atoms with van der Waals surface area (Å²) in [5.74, 6) is -1.33. The standard InChI is InChI=1S/C14H18N4O4/c15-11(13(20)21)5-8-1-3-9(4-2-8)16-7-10-6-12(19)18-14(22)17-10/h1-4,10-11,16H,5-7,15H2,(H,20,21)(H2,17,18,19,22)/t10?,11-/m0/s1. The lowest BCUT2D eigenvalue weighted by atomic mass is 10.1. The average molecular weight is 306 g/mol. The lowest BCUT2D eigenvalue weighted by Crippen LogP contribution is -2.54. The Hall–Kier alpha value is -2.61. The molecule has 6 N–H and O–H groups in total. The summed E-state index contributed by atoms with van der Waals surface area (Å²) in [6.45, 7) is 0.424. The third kappa shape index (κ3) is 4.45.